The molecular weight excluding hydrogens is 2440 g/mol. The normalized spacial score (nSPS) is 34.8. The minimum atomic E-state index is -1.78. The Labute approximate surface area is 678 Å². The molecule has 1 N–H and O–H groups in total. The van der Waals surface area contributed by atoms with Crippen LogP contribution in [0.2, 0.25) is 0 Å². The van der Waals surface area contributed by atoms with Crippen molar-refractivity contribution < 1.29 is 187 Å². The van der Waals surface area contributed by atoms with Crippen LogP contribution in [-0.2, 0) is 187 Å². The summed E-state index contributed by atoms with van der Waals surface area (Å²) in [5.41, 5.74) is 0. The molecule has 0 aromatic rings. The molecule has 604 valence electrons. The maximum absolute atomic E-state index is 6.85. The van der Waals surface area contributed by atoms with Crippen molar-refractivity contribution in [3.8, 4) is 0 Å². The molecule has 21 atom stereocenters. The van der Waals surface area contributed by atoms with E-state index in [1.807, 2.05) is 13.8 Å². The average Bonchev–Trinajstić information content (AvgIpc) is 0.826. The Kier molecular flexibility index (Phi) is 50.0. The third-order valence-corrected chi connectivity index (χ3v) is 47.4. The Morgan fingerprint density at radius 1 is 0.297 bits per heavy atom. The van der Waals surface area contributed by atoms with Gasteiger partial charge in [-0.3, -0.25) is 0 Å². The van der Waals surface area contributed by atoms with Crippen LogP contribution < -0.4 is 5.32 Å². The van der Waals surface area contributed by atoms with Gasteiger partial charge in [0.2, 0.25) is 0 Å². The molecule has 0 bridgehead atoms. The number of ether oxygens (including phenoxy) is 10. The summed E-state index contributed by atoms with van der Waals surface area (Å²) < 4.78 is 113. The summed E-state index contributed by atoms with van der Waals surface area (Å²) in [6.45, 7) is 58.5. The van der Waals surface area contributed by atoms with E-state index >= 15 is 0 Å². The Hall–Kier alpha value is 5.75. The van der Waals surface area contributed by atoms with Crippen molar-refractivity contribution in [1.82, 2.24) is 38.5 Å². The van der Waals surface area contributed by atoms with Gasteiger partial charge in [-0.15, -0.1) is 0 Å². The molecule has 0 aliphatic carbocycles. The summed E-state index contributed by atoms with van der Waals surface area (Å²) in [7, 11) is 4.32. The number of hydrogen-bond donors (Lipinski definition) is 1. The molecular formula is C65H142N8O16P6W6. The van der Waals surface area contributed by atoms with Crippen LogP contribution in [0.3, 0.4) is 0 Å². The van der Waals surface area contributed by atoms with E-state index < -0.39 is 31.5 Å². The zero-order chi connectivity index (χ0) is 71.7. The van der Waals surface area contributed by atoms with Crippen LogP contribution in [0.25, 0.3) is 0 Å². The van der Waals surface area contributed by atoms with E-state index in [9.17, 15) is 0 Å². The quantitative estimate of drug-likeness (QED) is 0.0698. The first kappa shape index (κ1) is 103. The molecule has 0 aromatic heterocycles. The Morgan fingerprint density at radius 2 is 0.515 bits per heavy atom. The summed E-state index contributed by atoms with van der Waals surface area (Å²) in [6.07, 6.45) is 2.60. The van der Waals surface area contributed by atoms with E-state index in [-0.39, 0.29) is 127 Å². The van der Waals surface area contributed by atoms with Gasteiger partial charge in [0.15, 0.2) is 0 Å². The van der Waals surface area contributed by atoms with Gasteiger partial charge in [-0.2, -0.15) is 0 Å². The predicted octanol–water partition coefficient (Wildman–Crippen LogP) is 10.3. The summed E-state index contributed by atoms with van der Waals surface area (Å²) >= 11 is 9.12. The molecule has 8 fully saturated rings. The molecule has 24 nitrogen and oxygen atoms in total. The fourth-order valence-electron chi connectivity index (χ4n) is 13.0. The number of nitrogens with zero attached hydrogens (tertiary/aromatic N) is 7. The van der Waals surface area contributed by atoms with Crippen LogP contribution in [0.1, 0.15) is 98.9 Å². The molecule has 101 heavy (non-hydrogen) atoms. The average molecular weight is 2580 g/mol. The van der Waals surface area contributed by atoms with Gasteiger partial charge in [0, 0.05) is 0 Å². The standard InChI is InChI=1S/C30H61N4O8P3.C16H34N2O4P2.C15H31N2O4P.4CH4.6W/c1-10-35-19-28-16-32(12-24(3)40-28)43(7)37-21-30-18-34(14-26(5)42-30)45(9)38-22-29-17-33(13-25(4)41-29)44(8)36-20-27-15-31(6)11-23(2)39-27;1-13-7-17(3)9-15(21-13)12-20-24(6)18-8-14(2)22-16(10-18)11-19-23(4)5;1-5-18-10-15-9-17(8-13(3)21-15)22(4)19-11-14-7-16-6-12(2)20-14;;;;;;;;;;/h23-30H,10-22H2,1-9H3;13-16H,7-12H2,1-6H3;12-16H,5-11H2,1-4H3;4*1H4;;;;;;. The predicted molar refractivity (Wildman–Crippen MR) is 399 cm³/mol. The van der Waals surface area contributed by atoms with Crippen LogP contribution >= 0.6 is 31.5 Å². The number of hydrogen-bond acceptors (Lipinski definition) is 24. The molecule has 8 heterocycles. The van der Waals surface area contributed by atoms with Crippen molar-refractivity contribution in [2.45, 2.75) is 197 Å². The van der Waals surface area contributed by atoms with Gasteiger partial charge in [0.1, 0.15) is 0 Å². The first-order chi connectivity index (χ1) is 45.3. The van der Waals surface area contributed by atoms with Gasteiger partial charge in [-0.1, -0.05) is 29.7 Å². The molecule has 8 saturated heterocycles. The minimum absolute atomic E-state index is 0. The van der Waals surface area contributed by atoms with Gasteiger partial charge in [-0.05, 0) is 0 Å². The first-order valence-corrected chi connectivity index (χ1v) is 71.1. The summed E-state index contributed by atoms with van der Waals surface area (Å²) in [4.78, 5) is 4.68. The van der Waals surface area contributed by atoms with Crippen LogP contribution in [0.15, 0.2) is 0 Å². The zero-order valence-electron chi connectivity index (χ0n) is 61.9. The zero-order valence-corrected chi connectivity index (χ0v) is 84.9. The van der Waals surface area contributed by atoms with Gasteiger partial charge < -0.3 is 0 Å². The third kappa shape index (κ3) is 37.7. The van der Waals surface area contributed by atoms with E-state index in [0.29, 0.717) is 59.5 Å². The summed E-state index contributed by atoms with van der Waals surface area (Å²) in [6, 6.07) is 0. The molecule has 0 aromatic carbocycles. The second kappa shape index (κ2) is 49.1. The number of morpholine rings is 8. The number of rotatable bonds is 29. The van der Waals surface area contributed by atoms with Crippen LogP contribution in [0, 0.1) is 0 Å². The fourth-order valence-corrected chi connectivity index (χ4v) is 32.7. The molecule has 8 aliphatic rings. The van der Waals surface area contributed by atoms with Crippen molar-refractivity contribution in [2.24, 2.45) is 0 Å². The molecule has 0 spiro atoms. The fraction of sp³-hybridized carbons (Fsp3) is 1.00. The molecule has 0 radical (unpaired) electrons. The van der Waals surface area contributed by atoms with Crippen LogP contribution in [0.5, 0.6) is 0 Å². The van der Waals surface area contributed by atoms with Gasteiger partial charge in [0.05, 0.1) is 0 Å². The molecule has 8 aliphatic heterocycles. The van der Waals surface area contributed by atoms with E-state index in [1.54, 1.807) is 18.8 Å². The summed E-state index contributed by atoms with van der Waals surface area (Å²) in [5.74, 6) is 0. The van der Waals surface area contributed by atoms with Crippen molar-refractivity contribution in [3.63, 3.8) is 0 Å². The summed E-state index contributed by atoms with van der Waals surface area (Å²) in [5, 5.41) is -6.07. The number of likely N-dealkylation sites (N-methyl/N-ethyl adjacent to an activating group) is 2. The van der Waals surface area contributed by atoms with E-state index in [4.69, 9.17) is 74.5 Å². The SMILES string of the molecule is C.C.C.C.CC1CN(C)CC(CO[P](C)(=[W])N2CC(C)OC(CO[P](C)(C)=[W])C2)O1.CCOCC1CN([P](C)(=[W])OCC2CN([P](C)(=[W])OCC3CN([P](C)(=[W])OCC4CN(C)CC(C)O4)CC(C)O3)CC(C)O2)CC(C)O1.CCOCC1CN([P](C)(=[W])OCC2CNCC(C)O2)CC(C)O1. The molecule has 36 heteroatoms. The second-order valence-corrected chi connectivity index (χ2v) is 89.3. The van der Waals surface area contributed by atoms with E-state index in [1.165, 1.54) is 94.0 Å². The molecule has 21 unspecified atom stereocenters. The van der Waals surface area contributed by atoms with Crippen molar-refractivity contribution in [1.29, 1.82) is 0 Å². The first-order valence-electron chi connectivity index (χ1n) is 34.8. The molecule has 8 rings (SSSR count). The van der Waals surface area contributed by atoms with Gasteiger partial charge in [0.25, 0.3) is 0 Å². The van der Waals surface area contributed by atoms with E-state index in [0.717, 1.165) is 111 Å². The monoisotopic (exact) mass is 2580 g/mol. The van der Waals surface area contributed by atoms with Crippen LogP contribution in [0.4, 0.5) is 0 Å². The van der Waals surface area contributed by atoms with Crippen molar-refractivity contribution in [2.75, 3.05) is 232 Å². The number of nitrogens with one attached hydrogen (secondary N) is 1. The Balaban J connectivity index is 0.000000554. The Morgan fingerprint density at radius 3 is 0.752 bits per heavy atom. The van der Waals surface area contributed by atoms with Crippen molar-refractivity contribution >= 4 is 31.5 Å². The topological polar surface area (TPSA) is 182 Å². The van der Waals surface area contributed by atoms with Gasteiger partial charge in [-0.25, -0.2) is 0 Å². The second-order valence-electron chi connectivity index (χ2n) is 28.4. The maximum atomic E-state index is 6.85. The third-order valence-electron chi connectivity index (χ3n) is 17.4. The Bertz CT molecular complexity index is 2650. The molecule has 0 saturated carbocycles. The van der Waals surface area contributed by atoms with Crippen molar-refractivity contribution in [3.05, 3.63) is 0 Å². The van der Waals surface area contributed by atoms with Crippen LogP contribution in [-0.4, -0.2) is 362 Å². The van der Waals surface area contributed by atoms with E-state index in [2.05, 4.69) is 155 Å². The van der Waals surface area contributed by atoms with Gasteiger partial charge >= 0.3 is 656 Å². The molecule has 0 amide bonds.